The molecule has 0 aliphatic heterocycles. The Morgan fingerprint density at radius 2 is 1.90 bits per heavy atom. The summed E-state index contributed by atoms with van der Waals surface area (Å²) in [5.74, 6) is 0. The number of hydrogen-bond donors (Lipinski definition) is 0. The van der Waals surface area contributed by atoms with Gasteiger partial charge in [0, 0.05) is 11.5 Å². The minimum absolute atomic E-state index is 1.10. The highest BCUT2D eigenvalue weighted by molar-refractivity contribution is 5.80. The van der Waals surface area contributed by atoms with E-state index >= 15 is 0 Å². The molecule has 0 fully saturated rings. The van der Waals surface area contributed by atoms with Crippen LogP contribution in [-0.4, -0.2) is 0 Å². The number of H-pyrrole nitrogens is 1. The van der Waals surface area contributed by atoms with Gasteiger partial charge in [-0.05, 0) is 11.5 Å². The molecule has 0 aliphatic rings. The molecule has 0 unspecified atom stereocenters. The molecule has 0 radical (unpaired) electrons. The molecule has 2 rings (SSSR count). The van der Waals surface area contributed by atoms with Gasteiger partial charge in [0.2, 0.25) is 0 Å². The first-order valence-electron chi connectivity index (χ1n) is 3.70. The first-order valence-corrected chi connectivity index (χ1v) is 3.25. The Morgan fingerprint density at radius 3 is 2.80 bits per heavy atom. The second-order valence-corrected chi connectivity index (χ2v) is 2.22. The number of aromatic nitrogens is 1. The van der Waals surface area contributed by atoms with E-state index in [1.807, 2.05) is 30.3 Å². The fraction of sp³-hybridized carbons (Fsp3) is 0. The fourth-order valence-electron chi connectivity index (χ4n) is 1.03. The number of nitrogens with one attached hydrogen (secondary N) is 1. The Morgan fingerprint density at radius 1 is 1.10 bits per heavy atom. The van der Waals surface area contributed by atoms with Gasteiger partial charge in [0.1, 0.15) is 0 Å². The van der Waals surface area contributed by atoms with Crippen molar-refractivity contribution in [1.82, 2.24) is 0 Å². The van der Waals surface area contributed by atoms with Crippen LogP contribution in [0.15, 0.2) is 42.7 Å². The van der Waals surface area contributed by atoms with E-state index in [4.69, 9.17) is 1.41 Å². The molecule has 48 valence electrons. The molecular weight excluding hydrogens is 122 g/mol. The smallest absolute Gasteiger partial charge is 0.217 e. The van der Waals surface area contributed by atoms with Crippen molar-refractivity contribution in [3.8, 4) is 0 Å². The largest absolute Gasteiger partial charge is 0.453 e. The van der Waals surface area contributed by atoms with Crippen molar-refractivity contribution in [2.24, 2.45) is 0 Å². The van der Waals surface area contributed by atoms with Gasteiger partial charge in [-0.15, -0.1) is 0 Å². The van der Waals surface area contributed by atoms with Crippen molar-refractivity contribution in [2.75, 3.05) is 0 Å². The molecule has 0 bridgehead atoms. The van der Waals surface area contributed by atoms with Gasteiger partial charge in [-0.1, -0.05) is 18.2 Å². The first kappa shape index (κ1) is 4.45. The van der Waals surface area contributed by atoms with Crippen LogP contribution in [0.3, 0.4) is 0 Å². The SMILES string of the molecule is [3H][n+]1ccc2ccccc2c1. The molecule has 1 heteroatoms. The van der Waals surface area contributed by atoms with Gasteiger partial charge in [-0.25, -0.2) is 4.98 Å². The molecule has 2 aromatic rings. The van der Waals surface area contributed by atoms with Crippen molar-refractivity contribution in [3.05, 3.63) is 42.7 Å². The van der Waals surface area contributed by atoms with Crippen LogP contribution < -0.4 is 4.98 Å². The Labute approximate surface area is 60.8 Å². The predicted molar refractivity (Wildman–Crippen MR) is 40.5 cm³/mol. The van der Waals surface area contributed by atoms with Crippen LogP contribution in [0, 0.1) is 0 Å². The zero-order valence-electron chi connectivity index (χ0n) is 6.49. The topological polar surface area (TPSA) is 14.1 Å². The molecule has 0 spiro atoms. The van der Waals surface area contributed by atoms with E-state index in [2.05, 4.69) is 0 Å². The molecule has 0 amide bonds. The van der Waals surface area contributed by atoms with Crippen LogP contribution in [0.25, 0.3) is 10.8 Å². The molecule has 0 saturated heterocycles. The van der Waals surface area contributed by atoms with Gasteiger partial charge in [0.05, 0.1) is 0 Å². The van der Waals surface area contributed by atoms with Crippen molar-refractivity contribution in [3.63, 3.8) is 0 Å². The standard InChI is InChI=1S/C9H7N/c1-2-4-9-7-10-6-5-8(9)3-1/h1-7H/p+1/i/hT. The molecule has 1 aromatic heterocycles. The normalized spacial score (nSPS) is 11.4. The van der Waals surface area contributed by atoms with Crippen LogP contribution in [0.5, 0.6) is 0 Å². The summed E-state index contributed by atoms with van der Waals surface area (Å²) in [7, 11) is 0. The number of fused-ring (bicyclic) bond motifs is 1. The van der Waals surface area contributed by atoms with Crippen molar-refractivity contribution >= 4 is 10.8 Å². The summed E-state index contributed by atoms with van der Waals surface area (Å²) in [5.41, 5.74) is 0. The molecule has 0 aliphatic carbocycles. The van der Waals surface area contributed by atoms with E-state index in [-0.39, 0.29) is 0 Å². The lowest BCUT2D eigenvalue weighted by atomic mass is 10.2. The van der Waals surface area contributed by atoms with Gasteiger partial charge in [-0.2, -0.15) is 0 Å². The Hall–Kier alpha value is -1.37. The minimum Gasteiger partial charge on any atom is -0.217 e. The number of rotatable bonds is 0. The van der Waals surface area contributed by atoms with Crippen LogP contribution in [0.1, 0.15) is 0 Å². The van der Waals surface area contributed by atoms with Gasteiger partial charge >= 0.3 is 1.41 Å². The zero-order valence-corrected chi connectivity index (χ0v) is 5.49. The monoisotopic (exact) mass is 132 g/mol. The summed E-state index contributed by atoms with van der Waals surface area (Å²) >= 11 is 0. The zero-order chi connectivity index (χ0) is 7.68. The van der Waals surface area contributed by atoms with E-state index in [1.54, 1.807) is 12.4 Å². The first-order chi connectivity index (χ1) is 5.36. The van der Waals surface area contributed by atoms with Gasteiger partial charge in [0.25, 0.3) is 0 Å². The van der Waals surface area contributed by atoms with E-state index in [0.29, 0.717) is 0 Å². The predicted octanol–water partition coefficient (Wildman–Crippen LogP) is 1.65. The van der Waals surface area contributed by atoms with Gasteiger partial charge < -0.3 is 0 Å². The average molecular weight is 132 g/mol. The highest BCUT2D eigenvalue weighted by Crippen LogP contribution is 2.08. The highest BCUT2D eigenvalue weighted by atomic mass is 14.6. The number of pyridine rings is 1. The Bertz CT molecular complexity index is 384. The molecule has 1 N–H and O–H groups in total. The molecule has 1 nitrogen and oxygen atoms in total. The van der Waals surface area contributed by atoms with Crippen LogP contribution in [-0.2, 0) is 0 Å². The molecule has 10 heavy (non-hydrogen) atoms. The lowest BCUT2D eigenvalue weighted by molar-refractivity contribution is -0.375. The lowest BCUT2D eigenvalue weighted by Gasteiger charge is -1.88. The van der Waals surface area contributed by atoms with Crippen molar-refractivity contribution < 1.29 is 6.39 Å². The van der Waals surface area contributed by atoms with Gasteiger partial charge in [0.15, 0.2) is 12.4 Å². The number of hydrogen-bond acceptors (Lipinski definition) is 0. The van der Waals surface area contributed by atoms with E-state index in [9.17, 15) is 0 Å². The summed E-state index contributed by atoms with van der Waals surface area (Å²) in [6.07, 6.45) is 3.51. The second-order valence-electron chi connectivity index (χ2n) is 2.22. The lowest BCUT2D eigenvalue weighted by Crippen LogP contribution is -1.96. The third-order valence-corrected chi connectivity index (χ3v) is 1.55. The quantitative estimate of drug-likeness (QED) is 0.517. The molecule has 1 heterocycles. The molecule has 0 atom stereocenters. The third-order valence-electron chi connectivity index (χ3n) is 1.55. The number of aromatic amines is 1. The summed E-state index contributed by atoms with van der Waals surface area (Å²) in [5, 5.41) is 2.28. The highest BCUT2D eigenvalue weighted by Gasteiger charge is 1.90. The molecule has 1 aromatic carbocycles. The molecule has 0 saturated carbocycles. The van der Waals surface area contributed by atoms with Crippen LogP contribution in [0.4, 0.5) is 0 Å². The average Bonchev–Trinajstić information content (AvgIpc) is 2.04. The number of benzene rings is 1. The maximum atomic E-state index is 7.29. The summed E-state index contributed by atoms with van der Waals surface area (Å²) < 4.78 is 7.29. The second kappa shape index (κ2) is 2.10. The summed E-state index contributed by atoms with van der Waals surface area (Å²) in [4.78, 5) is 1.31. The van der Waals surface area contributed by atoms with E-state index in [1.165, 1.54) is 10.4 Å². The molecular formula is C9H8N+. The van der Waals surface area contributed by atoms with Crippen LogP contribution >= 0.6 is 0 Å². The van der Waals surface area contributed by atoms with E-state index in [0.717, 1.165) is 5.39 Å². The van der Waals surface area contributed by atoms with Crippen molar-refractivity contribution in [1.29, 1.82) is 0 Å². The van der Waals surface area contributed by atoms with Crippen LogP contribution in [0.2, 0.25) is 1.41 Å². The third kappa shape index (κ3) is 0.760. The minimum atomic E-state index is 1.10. The summed E-state index contributed by atoms with van der Waals surface area (Å²) in [6.45, 7) is 0. The summed E-state index contributed by atoms with van der Waals surface area (Å²) in [6, 6.07) is 9.94. The maximum Gasteiger partial charge on any atom is 0.453 e. The van der Waals surface area contributed by atoms with Gasteiger partial charge in [-0.3, -0.25) is 0 Å². The maximum absolute atomic E-state index is 7.29. The van der Waals surface area contributed by atoms with E-state index < -0.39 is 0 Å². The van der Waals surface area contributed by atoms with Crippen molar-refractivity contribution in [2.45, 2.75) is 0 Å². The Balaban J connectivity index is 2.83. The fourth-order valence-corrected chi connectivity index (χ4v) is 1.03. The Kier molecular flexibility index (Phi) is 0.935.